The van der Waals surface area contributed by atoms with Crippen LogP contribution in [0.1, 0.15) is 0 Å². The molecule has 3 aromatic heterocycles. The topological polar surface area (TPSA) is 65.0 Å². The van der Waals surface area contributed by atoms with Crippen LogP contribution >= 0.6 is 0 Å². The van der Waals surface area contributed by atoms with Crippen molar-refractivity contribution in [2.45, 2.75) is 0 Å². The molecular formula is C45H25N3O2U. The van der Waals surface area contributed by atoms with Gasteiger partial charge in [0.1, 0.15) is 28.2 Å². The number of nitrogens with zero attached hydrogens (tertiary/aromatic N) is 3. The standard InChI is InChI=1S/C45H25N3O2.U/c1-2-9-28(10-3-1)31-11-8-12-32(25-31)29-17-19-30(20-18-29)43-46-44(33-21-23-37-35-13-4-6-15-39(35)49-41(37)26-33)48-45(47-43)34-22-24-38-36-14-5-7-16-40(36)50-42(38)27-34;/h1-17,19-24,26-27H;/q-2;+2. The number of hydrogen-bond acceptors (Lipinski definition) is 5. The van der Waals surface area contributed by atoms with Crippen LogP contribution in [0.15, 0.2) is 160 Å². The average Bonchev–Trinajstić information content (AvgIpc) is 3.76. The van der Waals surface area contributed by atoms with Crippen LogP contribution in [0.5, 0.6) is 0 Å². The molecule has 0 aliphatic rings. The van der Waals surface area contributed by atoms with E-state index in [0.29, 0.717) is 17.5 Å². The van der Waals surface area contributed by atoms with Crippen LogP contribution in [-0.4, -0.2) is 15.0 Å². The summed E-state index contributed by atoms with van der Waals surface area (Å²) < 4.78 is 12.4. The minimum Gasteiger partial charge on any atom is -0.456 e. The first-order chi connectivity index (χ1) is 24.7. The molecule has 236 valence electrons. The minimum absolute atomic E-state index is 0. The molecule has 5 nitrogen and oxygen atoms in total. The quantitative estimate of drug-likeness (QED) is 0.161. The molecule has 0 N–H and O–H groups in total. The van der Waals surface area contributed by atoms with Crippen LogP contribution in [0.25, 0.3) is 100 Å². The SMILES string of the molecule is [U+2].[c-]1cc(-c2nc(-c3ccc4c(c3)oc3ccccc34)nc(-c3ccc4c(c3)oc3ccccc34)n2)ccc1-c1[c-]c(-c2ccccc2)ccc1. The Labute approximate surface area is 317 Å². The Bertz CT molecular complexity index is 2740. The van der Waals surface area contributed by atoms with Crippen molar-refractivity contribution in [1.29, 1.82) is 0 Å². The molecule has 0 aliphatic carbocycles. The second-order valence-corrected chi connectivity index (χ2v) is 12.3. The molecule has 0 bridgehead atoms. The van der Waals surface area contributed by atoms with Gasteiger partial charge in [0.25, 0.3) is 0 Å². The molecule has 0 aliphatic heterocycles. The number of rotatable bonds is 5. The van der Waals surface area contributed by atoms with Gasteiger partial charge in [-0.25, -0.2) is 20.5 Å². The maximum Gasteiger partial charge on any atom is 2.00 e. The largest absolute Gasteiger partial charge is 2.00 e. The third-order valence-electron chi connectivity index (χ3n) is 9.15. The van der Waals surface area contributed by atoms with Crippen LogP contribution in [0.3, 0.4) is 0 Å². The van der Waals surface area contributed by atoms with Crippen molar-refractivity contribution in [3.05, 3.63) is 164 Å². The van der Waals surface area contributed by atoms with Crippen LogP contribution in [-0.2, 0) is 0 Å². The first kappa shape index (κ1) is 31.2. The number of aromatic nitrogens is 3. The first-order valence-electron chi connectivity index (χ1n) is 16.4. The number of hydrogen-bond donors (Lipinski definition) is 0. The Morgan fingerprint density at radius 2 is 0.882 bits per heavy atom. The molecule has 0 saturated carbocycles. The second-order valence-electron chi connectivity index (χ2n) is 12.3. The summed E-state index contributed by atoms with van der Waals surface area (Å²) in [6.45, 7) is 0. The summed E-state index contributed by atoms with van der Waals surface area (Å²) in [6.07, 6.45) is 0. The Balaban J connectivity index is 0.00000348. The average molecular weight is 878 g/mol. The monoisotopic (exact) mass is 877 g/mol. The van der Waals surface area contributed by atoms with Gasteiger partial charge in [-0.15, -0.1) is 29.8 Å². The first-order valence-corrected chi connectivity index (χ1v) is 16.4. The van der Waals surface area contributed by atoms with Crippen molar-refractivity contribution in [3.63, 3.8) is 0 Å². The molecule has 0 radical (unpaired) electrons. The maximum atomic E-state index is 6.22. The predicted octanol–water partition coefficient (Wildman–Crippen LogP) is 11.6. The predicted molar refractivity (Wildman–Crippen MR) is 199 cm³/mol. The normalized spacial score (nSPS) is 11.4. The summed E-state index contributed by atoms with van der Waals surface area (Å²) in [4.78, 5) is 15.0. The second kappa shape index (κ2) is 12.8. The third-order valence-corrected chi connectivity index (χ3v) is 9.15. The fourth-order valence-corrected chi connectivity index (χ4v) is 6.64. The Morgan fingerprint density at radius 3 is 1.47 bits per heavy atom. The van der Waals surface area contributed by atoms with Gasteiger partial charge in [-0.1, -0.05) is 90.0 Å². The van der Waals surface area contributed by atoms with E-state index in [2.05, 4.69) is 66.7 Å². The molecule has 0 saturated heterocycles. The fourth-order valence-electron chi connectivity index (χ4n) is 6.64. The van der Waals surface area contributed by atoms with Crippen molar-refractivity contribution in [2.75, 3.05) is 0 Å². The van der Waals surface area contributed by atoms with Gasteiger partial charge in [0, 0.05) is 32.7 Å². The summed E-state index contributed by atoms with van der Waals surface area (Å²) >= 11 is 0. The Kier molecular flexibility index (Phi) is 7.85. The molecule has 0 spiro atoms. The Morgan fingerprint density at radius 1 is 0.373 bits per heavy atom. The molecule has 3 heterocycles. The molecular weight excluding hydrogens is 853 g/mol. The van der Waals surface area contributed by atoms with Crippen molar-refractivity contribution >= 4 is 43.9 Å². The van der Waals surface area contributed by atoms with Crippen LogP contribution in [0, 0.1) is 43.2 Å². The van der Waals surface area contributed by atoms with Crippen molar-refractivity contribution in [1.82, 2.24) is 15.0 Å². The minimum atomic E-state index is 0. The summed E-state index contributed by atoms with van der Waals surface area (Å²) in [6, 6.07) is 57.9. The van der Waals surface area contributed by atoms with E-state index in [1.165, 1.54) is 0 Å². The van der Waals surface area contributed by atoms with E-state index >= 15 is 0 Å². The van der Waals surface area contributed by atoms with E-state index in [-0.39, 0.29) is 31.1 Å². The zero-order chi connectivity index (χ0) is 33.0. The van der Waals surface area contributed by atoms with E-state index in [0.717, 1.165) is 82.8 Å². The molecule has 51 heavy (non-hydrogen) atoms. The van der Waals surface area contributed by atoms with Gasteiger partial charge in [-0.05, 0) is 36.4 Å². The van der Waals surface area contributed by atoms with Crippen molar-refractivity contribution < 1.29 is 39.9 Å². The molecule has 0 fully saturated rings. The maximum absolute atomic E-state index is 6.22. The number of fused-ring (bicyclic) bond motifs is 6. The van der Waals surface area contributed by atoms with Gasteiger partial charge in [-0.2, -0.15) is 29.8 Å². The van der Waals surface area contributed by atoms with Crippen LogP contribution in [0.4, 0.5) is 0 Å². The van der Waals surface area contributed by atoms with Gasteiger partial charge in [0.15, 0.2) is 11.6 Å². The number of furan rings is 2. The summed E-state index contributed by atoms with van der Waals surface area (Å²) in [5.74, 6) is 1.64. The van der Waals surface area contributed by atoms with Crippen molar-refractivity contribution in [2.24, 2.45) is 0 Å². The molecule has 0 atom stereocenters. The number of benzene rings is 7. The zero-order valence-corrected chi connectivity index (χ0v) is 31.3. The summed E-state index contributed by atoms with van der Waals surface area (Å²) in [5, 5.41) is 4.25. The third kappa shape index (κ3) is 5.63. The summed E-state index contributed by atoms with van der Waals surface area (Å²) in [7, 11) is 0. The van der Waals surface area contributed by atoms with Crippen LogP contribution < -0.4 is 0 Å². The Hall–Kier alpha value is -5.80. The fraction of sp³-hybridized carbons (Fsp3) is 0. The smallest absolute Gasteiger partial charge is 0.456 e. The van der Waals surface area contributed by atoms with E-state index in [9.17, 15) is 0 Å². The zero-order valence-electron chi connectivity index (χ0n) is 27.1. The molecule has 0 amide bonds. The van der Waals surface area contributed by atoms with Crippen LogP contribution in [0.2, 0.25) is 0 Å². The number of para-hydroxylation sites is 2. The van der Waals surface area contributed by atoms with E-state index in [4.69, 9.17) is 23.8 Å². The van der Waals surface area contributed by atoms with Gasteiger partial charge >= 0.3 is 31.1 Å². The van der Waals surface area contributed by atoms with Crippen molar-refractivity contribution in [3.8, 4) is 56.4 Å². The van der Waals surface area contributed by atoms with E-state index in [1.54, 1.807) is 0 Å². The summed E-state index contributed by atoms with van der Waals surface area (Å²) in [5.41, 5.74) is 9.81. The van der Waals surface area contributed by atoms with Gasteiger partial charge in [-0.3, -0.25) is 0 Å². The van der Waals surface area contributed by atoms with Gasteiger partial charge in [0.05, 0.1) is 0 Å². The van der Waals surface area contributed by atoms with E-state index in [1.807, 2.05) is 97.1 Å². The molecule has 0 unspecified atom stereocenters. The molecule has 10 aromatic rings. The van der Waals surface area contributed by atoms with Gasteiger partial charge in [0.2, 0.25) is 0 Å². The van der Waals surface area contributed by atoms with Gasteiger partial charge < -0.3 is 8.83 Å². The molecule has 7 aromatic carbocycles. The molecule has 6 heteroatoms. The molecule has 10 rings (SSSR count). The van der Waals surface area contributed by atoms with E-state index < -0.39 is 0 Å².